The number of aliphatic hydroxyl groups is 3. The number of hydrogen-bond donors (Lipinski definition) is 3. The molecule has 1 heterocycles. The Morgan fingerprint density at radius 3 is 1.98 bits per heavy atom. The number of ether oxygens (including phenoxy) is 2. The Morgan fingerprint density at radius 1 is 0.926 bits per heavy atom. The molecule has 4 aliphatic rings. The number of carbonyl (C=O) groups excluding carboxylic acids is 2. The molecule has 21 atom stereocenters. The van der Waals surface area contributed by atoms with Crippen molar-refractivity contribution in [2.24, 2.45) is 16.7 Å². The molecule has 3 aliphatic carbocycles. The van der Waals surface area contributed by atoms with Gasteiger partial charge in [0.05, 0.1) is 50.9 Å². The first-order chi connectivity index (χ1) is 24.6. The fourth-order valence-electron chi connectivity index (χ4n) is 8.30. The monoisotopic (exact) mass is 1270 g/mol. The fourth-order valence-corrected chi connectivity index (χ4v) is 107. The van der Waals surface area contributed by atoms with Gasteiger partial charge >= 0.3 is 5.97 Å². The first kappa shape index (κ1) is 53.2. The van der Waals surface area contributed by atoms with Crippen LogP contribution in [0.25, 0.3) is 0 Å². The van der Waals surface area contributed by atoms with E-state index >= 15 is 4.79 Å². The van der Waals surface area contributed by atoms with Crippen molar-refractivity contribution in [2.75, 3.05) is 6.61 Å². The minimum absolute atomic E-state index is 0. The van der Waals surface area contributed by atoms with Crippen LogP contribution in [-0.2, 0) is 23.3 Å². The zero-order chi connectivity index (χ0) is 39.6. The predicted molar refractivity (Wildman–Crippen MR) is 268 cm³/mol. The number of esters is 1. The van der Waals surface area contributed by atoms with E-state index in [1.807, 2.05) is 27.7 Å². The molecule has 0 spiro atoms. The van der Waals surface area contributed by atoms with E-state index in [4.69, 9.17) is 18.5 Å². The smallest absolute Gasteiger partial charge is 0.338 e. The third kappa shape index (κ3) is 10.1. The maximum atomic E-state index is 16.2. The summed E-state index contributed by atoms with van der Waals surface area (Å²) < 4.78 is 27.0. The number of fused-ring (bicyclic) bond motifs is 5. The summed E-state index contributed by atoms with van der Waals surface area (Å²) in [7, 11) is 24.4. The molecule has 20 unspecified atom stereocenters. The van der Waals surface area contributed by atoms with Crippen molar-refractivity contribution < 1.29 is 87.5 Å². The van der Waals surface area contributed by atoms with Gasteiger partial charge in [-0.3, -0.25) is 4.79 Å². The van der Waals surface area contributed by atoms with Gasteiger partial charge in [-0.15, -0.1) is 80.4 Å². The second-order valence-electron chi connectivity index (χ2n) is 14.2. The molecule has 2 bridgehead atoms. The summed E-state index contributed by atoms with van der Waals surface area (Å²) in [6.07, 6.45) is -5.25. The van der Waals surface area contributed by atoms with E-state index < -0.39 is 114 Å². The van der Waals surface area contributed by atoms with Gasteiger partial charge in [0.15, 0.2) is 5.78 Å². The molecule has 9 nitrogen and oxygen atoms in total. The van der Waals surface area contributed by atoms with E-state index in [1.54, 1.807) is 30.3 Å². The maximum Gasteiger partial charge on any atom is 0.338 e. The summed E-state index contributed by atoms with van der Waals surface area (Å²) in [5.74, 6) is -2.18. The number of Topliss-reactive ketones (excluding diaryl/α,β-unsaturated/α-hetero) is 1. The Balaban J connectivity index is 0.00000650. The van der Waals surface area contributed by atoms with Crippen molar-refractivity contribution in [1.29, 1.82) is 0 Å². The molecular formula is C27H51AcO9P17. The summed E-state index contributed by atoms with van der Waals surface area (Å²) in [4.78, 5) is 30.4. The Bertz CT molecular complexity index is 1560. The topological polar surface area (TPSA) is 132 Å². The summed E-state index contributed by atoms with van der Waals surface area (Å²) >= 11 is 0. The van der Waals surface area contributed by atoms with E-state index in [0.29, 0.717) is 19.1 Å². The van der Waals surface area contributed by atoms with Gasteiger partial charge in [0.1, 0.15) is 23.4 Å². The molecule has 0 amide bonds. The van der Waals surface area contributed by atoms with Crippen LogP contribution in [0.2, 0.25) is 0 Å². The Hall–Kier alpha value is 6.61. The van der Waals surface area contributed by atoms with Crippen molar-refractivity contribution >= 4 is 150 Å². The van der Waals surface area contributed by atoms with Crippen molar-refractivity contribution in [3.8, 4) is 0 Å². The second kappa shape index (κ2) is 21.5. The summed E-state index contributed by atoms with van der Waals surface area (Å²) in [6, 6.07) is 8.52. The van der Waals surface area contributed by atoms with Crippen LogP contribution < -0.4 is 0 Å². The van der Waals surface area contributed by atoms with Crippen molar-refractivity contribution in [1.82, 2.24) is 0 Å². The van der Waals surface area contributed by atoms with Gasteiger partial charge in [-0.05, 0) is 65.1 Å². The fraction of sp³-hybridized carbons (Fsp3) is 0.630. The first-order valence-electron chi connectivity index (χ1n) is 16.2. The summed E-state index contributed by atoms with van der Waals surface area (Å²) in [6.45, 7) is 3.70. The molecule has 2 saturated carbocycles. The molecule has 3 N–H and O–H groups in total. The van der Waals surface area contributed by atoms with Gasteiger partial charge in [0.2, 0.25) is 0 Å². The molecule has 1 aromatic rings. The molecule has 1 saturated heterocycles. The molecule has 1 aromatic carbocycles. The van der Waals surface area contributed by atoms with E-state index in [-0.39, 0.29) is 74.9 Å². The van der Waals surface area contributed by atoms with Crippen LogP contribution in [0.5, 0.6) is 0 Å². The van der Waals surface area contributed by atoms with E-state index in [2.05, 4.69) is 80.4 Å². The molecule has 27 heteroatoms. The van der Waals surface area contributed by atoms with Crippen molar-refractivity contribution in [3.63, 3.8) is 0 Å². The maximum absolute atomic E-state index is 16.2. The van der Waals surface area contributed by atoms with Gasteiger partial charge < -0.3 is 33.8 Å². The van der Waals surface area contributed by atoms with E-state index in [9.17, 15) is 20.1 Å². The van der Waals surface area contributed by atoms with Gasteiger partial charge in [0.25, 0.3) is 0 Å². The van der Waals surface area contributed by atoms with Crippen LogP contribution in [0.15, 0.2) is 41.5 Å². The number of ketones is 1. The Kier molecular flexibility index (Phi) is 21.2. The summed E-state index contributed by atoms with van der Waals surface area (Å²) in [5, 5.41) is 38.2. The normalized spacial score (nSPS) is 36.1. The van der Waals surface area contributed by atoms with Crippen LogP contribution in [0.4, 0.5) is 0 Å². The Morgan fingerprint density at radius 2 is 1.50 bits per heavy atom. The molecular weight excluding hydrogens is 1220 g/mol. The molecule has 1 aliphatic heterocycles. The Labute approximate surface area is 386 Å². The molecule has 3 fully saturated rings. The number of hydrogen-bond acceptors (Lipinski definition) is 9. The zero-order valence-corrected chi connectivity index (χ0v) is 52.6. The molecule has 0 aromatic heterocycles. The first-order valence-corrected chi connectivity index (χ1v) is 45.6. The van der Waals surface area contributed by atoms with Crippen LogP contribution >= 0.6 is 138 Å². The van der Waals surface area contributed by atoms with Gasteiger partial charge in [-0.25, -0.2) is 4.79 Å². The average molecular weight is 1270 g/mol. The average Bonchev–Trinajstić information content (AvgIpc) is 3.07. The van der Waals surface area contributed by atoms with Crippen LogP contribution in [0.3, 0.4) is 0 Å². The third-order valence-corrected chi connectivity index (χ3v) is 80.7. The van der Waals surface area contributed by atoms with Crippen LogP contribution in [-0.4, -0.2) is 75.4 Å². The second-order valence-corrected chi connectivity index (χ2v) is 72.3. The number of rotatable bonds is 12. The van der Waals surface area contributed by atoms with E-state index in [1.165, 1.54) is 0 Å². The van der Waals surface area contributed by atoms with Gasteiger partial charge in [-0.1, -0.05) is 40.0 Å². The van der Waals surface area contributed by atoms with Crippen molar-refractivity contribution in [3.05, 3.63) is 47.0 Å². The predicted octanol–water partition coefficient (Wildman–Crippen LogP) is 11.0. The zero-order valence-electron chi connectivity index (χ0n) is 30.2. The molecule has 301 valence electrons. The largest absolute Gasteiger partial charge is 0.455 e. The standard InChI is InChI=1S/C27H51O9P17.Ac/c1-13-15(28)11-27(32)22(34-23(30)14-8-6-5-7-9-14)20-25(4,16(10-17-26(20,31)12-33-17)35-47(49(38)39)50(40)41)21(29)19(18(13)24(27,2)3)36-48(51(42)43)53(46-37)52(44)45;/h5-9,15-17,19-20,22,28,31-32,46H,10-12,37-45H2,1-4H3;/t15?,16?,17?,19?,20?,22?,25-,26?,27?,48?,53?;/m1./s1. The van der Waals surface area contributed by atoms with Gasteiger partial charge in [-0.2, -0.15) is 0 Å². The van der Waals surface area contributed by atoms with E-state index in [0.717, 1.165) is 0 Å². The molecule has 54 heavy (non-hydrogen) atoms. The number of carbonyl (C=O) groups is 2. The summed E-state index contributed by atoms with van der Waals surface area (Å²) in [5.41, 5.74) is -5.09. The van der Waals surface area contributed by atoms with Crippen LogP contribution in [0.1, 0.15) is 50.9 Å². The SMILES string of the molecule is CC1=C2C(OP(P(P)P)P(PP)P(P)P)C(=O)[C@]3(C)C(OP(P(P)P)P(P)P)CC4OCC4(O)C3C(OC(=O)c3ccccc3)C(O)(CC1O)C2(C)C.[Ac]. The minimum Gasteiger partial charge on any atom is -0.455 e. The minimum atomic E-state index is -1.96. The third-order valence-electron chi connectivity index (χ3n) is 11.1. The molecule has 5 rings (SSSR count). The number of benzene rings is 1. The quantitative estimate of drug-likeness (QED) is 0.106. The molecule has 1 radical (unpaired) electrons. The van der Waals surface area contributed by atoms with Gasteiger partial charge in [0, 0.05) is 75.2 Å². The van der Waals surface area contributed by atoms with Crippen molar-refractivity contribution in [2.45, 2.75) is 82.3 Å². The van der Waals surface area contributed by atoms with Crippen LogP contribution in [0, 0.1) is 60.8 Å². The number of aliphatic hydroxyl groups excluding tert-OH is 1.